The van der Waals surface area contributed by atoms with Crippen molar-refractivity contribution in [3.63, 3.8) is 0 Å². The molecule has 118 valence electrons. The number of rotatable bonds is 8. The maximum atomic E-state index is 5.89. The van der Waals surface area contributed by atoms with Crippen LogP contribution in [-0.4, -0.2) is 26.4 Å². The van der Waals surface area contributed by atoms with Crippen LogP contribution in [-0.2, 0) is 14.9 Å². The molecule has 2 aromatic rings. The molecule has 0 bridgehead atoms. The first-order valence-corrected chi connectivity index (χ1v) is 7.90. The van der Waals surface area contributed by atoms with Gasteiger partial charge in [0.25, 0.3) is 0 Å². The first-order valence-electron chi connectivity index (χ1n) is 7.90. The predicted octanol–water partition coefficient (Wildman–Crippen LogP) is 4.36. The molecule has 2 heteroatoms. The summed E-state index contributed by atoms with van der Waals surface area (Å²) in [5.41, 5.74) is 4.81. The largest absolute Gasteiger partial charge is 0.376 e. The minimum Gasteiger partial charge on any atom is -0.376 e. The first kappa shape index (κ1) is 15.7. The van der Waals surface area contributed by atoms with Crippen molar-refractivity contribution in [2.75, 3.05) is 26.4 Å². The molecule has 2 nitrogen and oxygen atoms in total. The van der Waals surface area contributed by atoms with Crippen LogP contribution in [0.4, 0.5) is 0 Å². The minimum absolute atomic E-state index is 0.279. The lowest BCUT2D eigenvalue weighted by atomic mass is 9.79. The summed E-state index contributed by atoms with van der Waals surface area (Å²) < 4.78 is 11.8. The van der Waals surface area contributed by atoms with Gasteiger partial charge in [-0.15, -0.1) is 13.2 Å². The predicted molar refractivity (Wildman–Crippen MR) is 94.7 cm³/mol. The summed E-state index contributed by atoms with van der Waals surface area (Å²) >= 11 is 0. The van der Waals surface area contributed by atoms with Crippen LogP contribution < -0.4 is 0 Å². The Bertz CT molecular complexity index is 641. The average Bonchev–Trinajstić information content (AvgIpc) is 2.87. The zero-order valence-corrected chi connectivity index (χ0v) is 13.3. The first-order chi connectivity index (χ1) is 11.3. The molecule has 1 aliphatic carbocycles. The second kappa shape index (κ2) is 6.95. The van der Waals surface area contributed by atoms with Gasteiger partial charge in [0.2, 0.25) is 0 Å². The highest BCUT2D eigenvalue weighted by Gasteiger charge is 2.43. The summed E-state index contributed by atoms with van der Waals surface area (Å²) in [6.07, 6.45) is 3.57. The standard InChI is InChI=1S/C21H22O2/c1-3-13-22-15-21(16-23-14-4-2)19-11-7-5-9-17(19)18-10-6-8-12-20(18)21/h3-12H,1-2,13-16H2. The van der Waals surface area contributed by atoms with Gasteiger partial charge in [-0.05, 0) is 22.3 Å². The van der Waals surface area contributed by atoms with Gasteiger partial charge in [-0.1, -0.05) is 60.7 Å². The van der Waals surface area contributed by atoms with Gasteiger partial charge in [-0.2, -0.15) is 0 Å². The van der Waals surface area contributed by atoms with Crippen LogP contribution in [0, 0.1) is 0 Å². The third kappa shape index (κ3) is 2.76. The van der Waals surface area contributed by atoms with Crippen molar-refractivity contribution < 1.29 is 9.47 Å². The van der Waals surface area contributed by atoms with Gasteiger partial charge in [0, 0.05) is 0 Å². The number of benzene rings is 2. The fourth-order valence-corrected chi connectivity index (χ4v) is 3.40. The normalized spacial score (nSPS) is 14.1. The molecular weight excluding hydrogens is 284 g/mol. The van der Waals surface area contributed by atoms with Crippen LogP contribution in [0.25, 0.3) is 11.1 Å². The van der Waals surface area contributed by atoms with Crippen molar-refractivity contribution in [1.29, 1.82) is 0 Å². The van der Waals surface area contributed by atoms with Gasteiger partial charge >= 0.3 is 0 Å². The second-order valence-corrected chi connectivity index (χ2v) is 5.78. The van der Waals surface area contributed by atoms with Crippen molar-refractivity contribution in [3.05, 3.63) is 85.0 Å². The molecule has 2 aromatic carbocycles. The van der Waals surface area contributed by atoms with E-state index < -0.39 is 0 Å². The van der Waals surface area contributed by atoms with Crippen molar-refractivity contribution in [2.24, 2.45) is 0 Å². The van der Waals surface area contributed by atoms with Crippen molar-refractivity contribution in [3.8, 4) is 11.1 Å². The Balaban J connectivity index is 2.08. The minimum atomic E-state index is -0.279. The van der Waals surface area contributed by atoms with Crippen LogP contribution in [0.2, 0.25) is 0 Å². The van der Waals surface area contributed by atoms with Crippen LogP contribution in [0.1, 0.15) is 11.1 Å². The Labute approximate surface area is 138 Å². The Hall–Kier alpha value is -2.16. The molecule has 0 atom stereocenters. The lowest BCUT2D eigenvalue weighted by Gasteiger charge is -2.31. The molecule has 0 unspecified atom stereocenters. The highest BCUT2D eigenvalue weighted by atomic mass is 16.5. The van der Waals surface area contributed by atoms with E-state index in [1.165, 1.54) is 22.3 Å². The van der Waals surface area contributed by atoms with Crippen LogP contribution >= 0.6 is 0 Å². The molecule has 3 rings (SSSR count). The average molecular weight is 306 g/mol. The van der Waals surface area contributed by atoms with Crippen molar-refractivity contribution >= 4 is 0 Å². The molecule has 0 saturated carbocycles. The Kier molecular flexibility index (Phi) is 4.75. The van der Waals surface area contributed by atoms with E-state index in [2.05, 4.69) is 61.7 Å². The van der Waals surface area contributed by atoms with E-state index in [1.807, 2.05) is 0 Å². The summed E-state index contributed by atoms with van der Waals surface area (Å²) in [5.74, 6) is 0. The SMILES string of the molecule is C=CCOCC1(COCC=C)c2ccccc2-c2ccccc21. The van der Waals surface area contributed by atoms with E-state index in [1.54, 1.807) is 12.2 Å². The molecule has 1 aliphatic rings. The Morgan fingerprint density at radius 3 is 1.61 bits per heavy atom. The molecule has 0 N–H and O–H groups in total. The summed E-state index contributed by atoms with van der Waals surface area (Å²) in [6.45, 7) is 9.70. The molecule has 0 aliphatic heterocycles. The molecule has 0 fully saturated rings. The lowest BCUT2D eigenvalue weighted by molar-refractivity contribution is 0.0556. The molecule has 0 spiro atoms. The van der Waals surface area contributed by atoms with Gasteiger partial charge in [-0.25, -0.2) is 0 Å². The number of hydrogen-bond acceptors (Lipinski definition) is 2. The maximum absolute atomic E-state index is 5.89. The zero-order valence-electron chi connectivity index (χ0n) is 13.3. The molecule has 23 heavy (non-hydrogen) atoms. The van der Waals surface area contributed by atoms with Crippen LogP contribution in [0.5, 0.6) is 0 Å². The number of fused-ring (bicyclic) bond motifs is 3. The Morgan fingerprint density at radius 2 is 1.17 bits per heavy atom. The molecule has 0 aromatic heterocycles. The molecular formula is C21H22O2. The second-order valence-electron chi connectivity index (χ2n) is 5.78. The van der Waals surface area contributed by atoms with Gasteiger partial charge in [0.05, 0.1) is 31.8 Å². The fourth-order valence-electron chi connectivity index (χ4n) is 3.40. The van der Waals surface area contributed by atoms with Crippen LogP contribution in [0.3, 0.4) is 0 Å². The van der Waals surface area contributed by atoms with E-state index in [0.29, 0.717) is 26.4 Å². The van der Waals surface area contributed by atoms with E-state index in [9.17, 15) is 0 Å². The molecule has 0 radical (unpaired) electrons. The summed E-state index contributed by atoms with van der Waals surface area (Å²) in [4.78, 5) is 0. The number of ether oxygens (including phenoxy) is 2. The number of hydrogen-bond donors (Lipinski definition) is 0. The van der Waals surface area contributed by atoms with Crippen molar-refractivity contribution in [1.82, 2.24) is 0 Å². The summed E-state index contributed by atoms with van der Waals surface area (Å²) in [5, 5.41) is 0. The third-order valence-electron chi connectivity index (χ3n) is 4.34. The van der Waals surface area contributed by atoms with E-state index in [0.717, 1.165) is 0 Å². The topological polar surface area (TPSA) is 18.5 Å². The van der Waals surface area contributed by atoms with Crippen molar-refractivity contribution in [2.45, 2.75) is 5.41 Å². The van der Waals surface area contributed by atoms with E-state index in [4.69, 9.17) is 9.47 Å². The Morgan fingerprint density at radius 1 is 0.739 bits per heavy atom. The molecule has 0 amide bonds. The molecule has 0 heterocycles. The van der Waals surface area contributed by atoms with Gasteiger partial charge in [0.1, 0.15) is 0 Å². The van der Waals surface area contributed by atoms with Gasteiger partial charge in [0.15, 0.2) is 0 Å². The fraction of sp³-hybridized carbons (Fsp3) is 0.238. The van der Waals surface area contributed by atoms with Crippen LogP contribution in [0.15, 0.2) is 73.8 Å². The molecule has 0 saturated heterocycles. The lowest BCUT2D eigenvalue weighted by Crippen LogP contribution is -2.36. The summed E-state index contributed by atoms with van der Waals surface area (Å²) in [6, 6.07) is 17.1. The highest BCUT2D eigenvalue weighted by Crippen LogP contribution is 2.49. The monoisotopic (exact) mass is 306 g/mol. The quantitative estimate of drug-likeness (QED) is 0.533. The van der Waals surface area contributed by atoms with Gasteiger partial charge in [-0.3, -0.25) is 0 Å². The van der Waals surface area contributed by atoms with E-state index in [-0.39, 0.29) is 5.41 Å². The summed E-state index contributed by atoms with van der Waals surface area (Å²) in [7, 11) is 0. The zero-order chi connectivity index (χ0) is 16.1. The van der Waals surface area contributed by atoms with Gasteiger partial charge < -0.3 is 9.47 Å². The third-order valence-corrected chi connectivity index (χ3v) is 4.34. The smallest absolute Gasteiger partial charge is 0.0681 e. The van der Waals surface area contributed by atoms with E-state index >= 15 is 0 Å². The highest BCUT2D eigenvalue weighted by molar-refractivity contribution is 5.81. The maximum Gasteiger partial charge on any atom is 0.0681 e.